The van der Waals surface area contributed by atoms with Crippen molar-refractivity contribution in [1.29, 1.82) is 0 Å². The minimum absolute atomic E-state index is 0.0707. The molecular formula is C19H21ClFN2O+. The molecule has 2 aromatic rings. The predicted molar refractivity (Wildman–Crippen MR) is 93.8 cm³/mol. The molecule has 1 atom stereocenters. The van der Waals surface area contributed by atoms with E-state index in [4.69, 9.17) is 11.6 Å². The number of carbonyl (C=O) groups is 1. The van der Waals surface area contributed by atoms with E-state index in [0.29, 0.717) is 29.7 Å². The molecule has 0 aliphatic heterocycles. The molecule has 0 aromatic heterocycles. The van der Waals surface area contributed by atoms with Crippen LogP contribution in [0, 0.1) is 12.7 Å². The van der Waals surface area contributed by atoms with Crippen LogP contribution in [0.3, 0.4) is 0 Å². The second-order valence-electron chi connectivity index (χ2n) is 6.38. The van der Waals surface area contributed by atoms with Crippen molar-refractivity contribution < 1.29 is 14.1 Å². The average Bonchev–Trinajstić information content (AvgIpc) is 3.37. The van der Waals surface area contributed by atoms with E-state index < -0.39 is 0 Å². The molecule has 0 bridgehead atoms. The van der Waals surface area contributed by atoms with Crippen LogP contribution in [0.4, 0.5) is 10.1 Å². The number of hydrogen-bond donors (Lipinski definition) is 2. The van der Waals surface area contributed by atoms with Gasteiger partial charge in [-0.15, -0.1) is 0 Å². The summed E-state index contributed by atoms with van der Waals surface area (Å²) in [5, 5.41) is 3.52. The van der Waals surface area contributed by atoms with Crippen LogP contribution >= 0.6 is 11.6 Å². The van der Waals surface area contributed by atoms with Gasteiger partial charge in [0.05, 0.1) is 6.04 Å². The van der Waals surface area contributed by atoms with Crippen LogP contribution in [0.2, 0.25) is 5.02 Å². The number of anilines is 1. The molecule has 0 spiro atoms. The Balaban J connectivity index is 1.66. The average molecular weight is 348 g/mol. The van der Waals surface area contributed by atoms with Gasteiger partial charge in [0.25, 0.3) is 5.91 Å². The van der Waals surface area contributed by atoms with E-state index in [1.54, 1.807) is 24.3 Å². The molecule has 3 nitrogen and oxygen atoms in total. The highest BCUT2D eigenvalue weighted by Gasteiger charge is 2.35. The lowest BCUT2D eigenvalue weighted by molar-refractivity contribution is -0.917. The highest BCUT2D eigenvalue weighted by atomic mass is 35.5. The standard InChI is InChI=1S/C19H20ClFN2O/c1-13-6-7-15(20)10-18(13)22-19(24)12-23(16-8-9-16)11-14-4-2-3-5-17(14)21/h2-7,10,16H,8-9,11-12H2,1H3,(H,22,24)/p+1. The molecule has 1 aliphatic carbocycles. The summed E-state index contributed by atoms with van der Waals surface area (Å²) >= 11 is 5.99. The summed E-state index contributed by atoms with van der Waals surface area (Å²) in [5.41, 5.74) is 2.36. The van der Waals surface area contributed by atoms with Gasteiger partial charge < -0.3 is 10.2 Å². The van der Waals surface area contributed by atoms with E-state index in [-0.39, 0.29) is 11.7 Å². The minimum Gasteiger partial charge on any atom is -0.321 e. The molecule has 24 heavy (non-hydrogen) atoms. The third-order valence-electron chi connectivity index (χ3n) is 4.39. The van der Waals surface area contributed by atoms with E-state index >= 15 is 0 Å². The zero-order valence-corrected chi connectivity index (χ0v) is 14.4. The number of amides is 1. The van der Waals surface area contributed by atoms with E-state index in [1.165, 1.54) is 6.07 Å². The molecule has 1 fully saturated rings. The topological polar surface area (TPSA) is 33.5 Å². The molecule has 0 radical (unpaired) electrons. The van der Waals surface area contributed by atoms with E-state index in [0.717, 1.165) is 29.0 Å². The van der Waals surface area contributed by atoms with Gasteiger partial charge in [-0.05, 0) is 30.7 Å². The molecule has 1 aliphatic rings. The lowest BCUT2D eigenvalue weighted by atomic mass is 10.2. The molecule has 2 N–H and O–H groups in total. The minimum atomic E-state index is -0.207. The van der Waals surface area contributed by atoms with Gasteiger partial charge in [0.2, 0.25) is 0 Å². The lowest BCUT2D eigenvalue weighted by Crippen LogP contribution is -3.13. The van der Waals surface area contributed by atoms with Gasteiger partial charge >= 0.3 is 0 Å². The van der Waals surface area contributed by atoms with Gasteiger partial charge in [-0.2, -0.15) is 0 Å². The Morgan fingerprint density at radius 3 is 2.75 bits per heavy atom. The maximum Gasteiger partial charge on any atom is 0.279 e. The summed E-state index contributed by atoms with van der Waals surface area (Å²) in [5.74, 6) is -0.277. The molecule has 3 rings (SSSR count). The summed E-state index contributed by atoms with van der Waals surface area (Å²) in [6.07, 6.45) is 2.18. The first-order valence-electron chi connectivity index (χ1n) is 8.17. The first kappa shape index (κ1) is 16.9. The fourth-order valence-electron chi connectivity index (χ4n) is 2.86. The predicted octanol–water partition coefficient (Wildman–Crippen LogP) is 2.97. The third-order valence-corrected chi connectivity index (χ3v) is 4.63. The zero-order valence-electron chi connectivity index (χ0n) is 13.6. The Labute approximate surface area is 146 Å². The monoisotopic (exact) mass is 347 g/mol. The summed E-state index contributed by atoms with van der Waals surface area (Å²) in [6, 6.07) is 12.6. The largest absolute Gasteiger partial charge is 0.321 e. The third kappa shape index (κ3) is 4.34. The van der Waals surface area contributed by atoms with Crippen LogP contribution in [-0.4, -0.2) is 18.5 Å². The van der Waals surface area contributed by atoms with Gasteiger partial charge in [0.1, 0.15) is 12.4 Å². The summed E-state index contributed by atoms with van der Waals surface area (Å²) in [4.78, 5) is 13.5. The molecule has 1 unspecified atom stereocenters. The lowest BCUT2D eigenvalue weighted by Gasteiger charge is -2.19. The van der Waals surface area contributed by atoms with Crippen LogP contribution in [0.25, 0.3) is 0 Å². The summed E-state index contributed by atoms with van der Waals surface area (Å²) < 4.78 is 13.9. The number of hydrogen-bond acceptors (Lipinski definition) is 1. The van der Waals surface area contributed by atoms with E-state index in [1.807, 2.05) is 19.1 Å². The van der Waals surface area contributed by atoms with Gasteiger partial charge in [-0.25, -0.2) is 4.39 Å². The Morgan fingerprint density at radius 1 is 1.29 bits per heavy atom. The highest BCUT2D eigenvalue weighted by Crippen LogP contribution is 2.20. The molecule has 0 heterocycles. The van der Waals surface area contributed by atoms with Crippen molar-refractivity contribution in [2.24, 2.45) is 0 Å². The molecule has 1 saturated carbocycles. The smallest absolute Gasteiger partial charge is 0.279 e. The fraction of sp³-hybridized carbons (Fsp3) is 0.316. The molecule has 5 heteroatoms. The number of benzene rings is 2. The highest BCUT2D eigenvalue weighted by molar-refractivity contribution is 6.31. The van der Waals surface area contributed by atoms with Gasteiger partial charge in [-0.3, -0.25) is 4.79 Å². The maximum atomic E-state index is 13.9. The van der Waals surface area contributed by atoms with Gasteiger partial charge in [-0.1, -0.05) is 35.9 Å². The van der Waals surface area contributed by atoms with E-state index in [9.17, 15) is 9.18 Å². The molecule has 0 saturated heterocycles. The normalized spacial score (nSPS) is 15.1. The molecule has 126 valence electrons. The molecular weight excluding hydrogens is 327 g/mol. The maximum absolute atomic E-state index is 13.9. The van der Waals surface area contributed by atoms with Crippen molar-refractivity contribution >= 4 is 23.2 Å². The SMILES string of the molecule is Cc1ccc(Cl)cc1NC(=O)C[NH+](Cc1ccccc1F)C1CC1. The van der Waals surface area contributed by atoms with Crippen LogP contribution in [0.5, 0.6) is 0 Å². The van der Waals surface area contributed by atoms with Crippen LogP contribution in [0.15, 0.2) is 42.5 Å². The Hall–Kier alpha value is -1.91. The second-order valence-corrected chi connectivity index (χ2v) is 6.82. The first-order valence-corrected chi connectivity index (χ1v) is 8.54. The Kier molecular flexibility index (Phi) is 5.17. The Bertz CT molecular complexity index is 746. The quantitative estimate of drug-likeness (QED) is 0.827. The number of rotatable bonds is 6. The zero-order chi connectivity index (χ0) is 17.1. The number of quaternary nitrogens is 1. The number of aryl methyl sites for hydroxylation is 1. The number of carbonyl (C=O) groups excluding carboxylic acids is 1. The van der Waals surface area contributed by atoms with Crippen LogP contribution in [0.1, 0.15) is 24.0 Å². The van der Waals surface area contributed by atoms with Gasteiger partial charge in [0.15, 0.2) is 6.54 Å². The second kappa shape index (κ2) is 7.32. The number of nitrogens with one attached hydrogen (secondary N) is 2. The Morgan fingerprint density at radius 2 is 2.04 bits per heavy atom. The van der Waals surface area contributed by atoms with Crippen molar-refractivity contribution in [1.82, 2.24) is 0 Å². The van der Waals surface area contributed by atoms with Crippen molar-refractivity contribution in [2.75, 3.05) is 11.9 Å². The van der Waals surface area contributed by atoms with Gasteiger partial charge in [0, 0.05) is 29.1 Å². The number of halogens is 2. The molecule has 1 amide bonds. The van der Waals surface area contributed by atoms with Crippen molar-refractivity contribution in [3.63, 3.8) is 0 Å². The van der Waals surface area contributed by atoms with Crippen LogP contribution < -0.4 is 10.2 Å². The van der Waals surface area contributed by atoms with Crippen molar-refractivity contribution in [3.05, 3.63) is 64.4 Å². The summed E-state index contributed by atoms with van der Waals surface area (Å²) in [6.45, 7) is 2.78. The summed E-state index contributed by atoms with van der Waals surface area (Å²) in [7, 11) is 0. The van der Waals surface area contributed by atoms with E-state index in [2.05, 4.69) is 5.32 Å². The van der Waals surface area contributed by atoms with Crippen molar-refractivity contribution in [3.8, 4) is 0 Å². The molecule has 2 aromatic carbocycles. The fourth-order valence-corrected chi connectivity index (χ4v) is 3.03. The first-order chi connectivity index (χ1) is 11.5. The van der Waals surface area contributed by atoms with Crippen molar-refractivity contribution in [2.45, 2.75) is 32.4 Å². The van der Waals surface area contributed by atoms with Crippen LogP contribution in [-0.2, 0) is 11.3 Å².